The van der Waals surface area contributed by atoms with Gasteiger partial charge in [-0.3, -0.25) is 5.41 Å². The molecule has 72 valence electrons. The number of hydrogen-bond donors (Lipinski definition) is 2. The van der Waals surface area contributed by atoms with Crippen LogP contribution in [0, 0.1) is 5.41 Å². The molecule has 2 nitrogen and oxygen atoms in total. The number of amidine groups is 1. The fourth-order valence-corrected chi connectivity index (χ4v) is 1.18. The Morgan fingerprint density at radius 1 is 1.33 bits per heavy atom. The van der Waals surface area contributed by atoms with E-state index >= 15 is 0 Å². The van der Waals surface area contributed by atoms with Crippen molar-refractivity contribution in [2.24, 2.45) is 5.73 Å². The third-order valence-corrected chi connectivity index (χ3v) is 1.92. The highest BCUT2D eigenvalue weighted by Gasteiger charge is 2.25. The van der Waals surface area contributed by atoms with Crippen molar-refractivity contribution in [1.29, 1.82) is 5.41 Å². The van der Waals surface area contributed by atoms with Crippen LogP contribution in [-0.2, 0) is 0 Å². The van der Waals surface area contributed by atoms with Crippen LogP contribution in [0.25, 0.3) is 0 Å². The molecule has 0 spiro atoms. The fourth-order valence-electron chi connectivity index (χ4n) is 0.610. The van der Waals surface area contributed by atoms with E-state index < -0.39 is 12.6 Å². The lowest BCUT2D eigenvalue weighted by Crippen LogP contribution is -2.07. The molecule has 0 aliphatic carbocycles. The van der Waals surface area contributed by atoms with Gasteiger partial charge in [-0.25, -0.2) is 0 Å². The minimum atomic E-state index is -4.05. The quantitative estimate of drug-likeness (QED) is 0.415. The van der Waals surface area contributed by atoms with Gasteiger partial charge in [-0.2, -0.15) is 13.2 Å². The summed E-state index contributed by atoms with van der Waals surface area (Å²) in [5.41, 5.74) is 4.98. The van der Waals surface area contributed by atoms with Gasteiger partial charge in [0.05, 0.1) is 0 Å². The Kier molecular flexibility index (Phi) is 5.12. The van der Waals surface area contributed by atoms with Crippen molar-refractivity contribution in [3.8, 4) is 0 Å². The van der Waals surface area contributed by atoms with Crippen LogP contribution in [-0.4, -0.2) is 17.1 Å². The summed E-state index contributed by atoms with van der Waals surface area (Å²) in [6.07, 6.45) is -4.24. The maximum absolute atomic E-state index is 11.6. The Balaban J connectivity index is 3.17. The maximum atomic E-state index is 11.6. The lowest BCUT2D eigenvalue weighted by Gasteiger charge is -2.04. The van der Waals surface area contributed by atoms with Crippen molar-refractivity contribution in [3.05, 3.63) is 0 Å². The number of unbranched alkanes of at least 4 members (excludes halogenated alkanes) is 1. The zero-order valence-electron chi connectivity index (χ0n) is 6.45. The highest BCUT2D eigenvalue weighted by atomic mass is 32.2. The zero-order valence-corrected chi connectivity index (χ0v) is 7.26. The van der Waals surface area contributed by atoms with Crippen LogP contribution in [0.2, 0.25) is 0 Å². The summed E-state index contributed by atoms with van der Waals surface area (Å²) >= 11 is 1.08. The highest BCUT2D eigenvalue weighted by Crippen LogP contribution is 2.22. The number of thioether (sulfide) groups is 1. The number of nitrogens with two attached hydrogens (primary N) is 1. The molecule has 0 heterocycles. The second kappa shape index (κ2) is 5.29. The van der Waals surface area contributed by atoms with Gasteiger partial charge in [0.25, 0.3) is 0 Å². The molecule has 0 aromatic heterocycles. The lowest BCUT2D eigenvalue weighted by molar-refractivity contribution is -0.135. The first kappa shape index (κ1) is 11.6. The van der Waals surface area contributed by atoms with Gasteiger partial charge >= 0.3 is 6.18 Å². The molecule has 0 aliphatic heterocycles. The smallest absolute Gasteiger partial charge is 0.379 e. The third-order valence-electron chi connectivity index (χ3n) is 1.11. The van der Waals surface area contributed by atoms with E-state index in [1.165, 1.54) is 0 Å². The van der Waals surface area contributed by atoms with E-state index in [2.05, 4.69) is 0 Å². The topological polar surface area (TPSA) is 49.9 Å². The Labute approximate surface area is 73.2 Å². The molecule has 3 N–H and O–H groups in total. The molecule has 6 heteroatoms. The van der Waals surface area contributed by atoms with Crippen molar-refractivity contribution < 1.29 is 13.2 Å². The summed E-state index contributed by atoms with van der Waals surface area (Å²) in [4.78, 5) is 0. The van der Waals surface area contributed by atoms with Crippen LogP contribution in [0.5, 0.6) is 0 Å². The van der Waals surface area contributed by atoms with E-state index in [0.29, 0.717) is 12.2 Å². The van der Waals surface area contributed by atoms with Crippen molar-refractivity contribution in [3.63, 3.8) is 0 Å². The van der Waals surface area contributed by atoms with E-state index in [0.717, 1.165) is 11.8 Å². The summed E-state index contributed by atoms with van der Waals surface area (Å²) in [7, 11) is 0. The average Bonchev–Trinajstić information content (AvgIpc) is 1.83. The second-order valence-electron chi connectivity index (χ2n) is 2.28. The van der Waals surface area contributed by atoms with Crippen LogP contribution < -0.4 is 5.73 Å². The van der Waals surface area contributed by atoms with Crippen LogP contribution in [0.3, 0.4) is 0 Å². The minimum absolute atomic E-state index is 0.0398. The summed E-state index contributed by atoms with van der Waals surface area (Å²) in [6.45, 7) is 0. The Morgan fingerprint density at radius 3 is 2.33 bits per heavy atom. The molecule has 0 unspecified atom stereocenters. The van der Waals surface area contributed by atoms with Crippen molar-refractivity contribution in [2.45, 2.75) is 25.4 Å². The van der Waals surface area contributed by atoms with Gasteiger partial charge in [0, 0.05) is 12.2 Å². The van der Waals surface area contributed by atoms with E-state index in [1.807, 2.05) is 0 Å². The predicted octanol–water partition coefficient (Wildman–Crippen LogP) is 2.35. The number of rotatable bonds is 4. The largest absolute Gasteiger partial charge is 0.389 e. The summed E-state index contributed by atoms with van der Waals surface area (Å²) in [6, 6.07) is 0. The molecule has 0 rings (SSSR count). The molecule has 0 saturated carbocycles. The first-order valence-electron chi connectivity index (χ1n) is 3.45. The predicted molar refractivity (Wildman–Crippen MR) is 44.3 cm³/mol. The van der Waals surface area contributed by atoms with Crippen molar-refractivity contribution in [1.82, 2.24) is 0 Å². The molecule has 0 bridgehead atoms. The minimum Gasteiger partial charge on any atom is -0.379 e. The molecule has 0 atom stereocenters. The molecule has 0 fully saturated rings. The third kappa shape index (κ3) is 9.61. The van der Waals surface area contributed by atoms with E-state index in [-0.39, 0.29) is 11.6 Å². The standard InChI is InChI=1S/C6H11F3N2S/c7-6(8,9)3-1-2-4-12-5(10)11/h1-4H2,(H3,10,11). The normalized spacial score (nSPS) is 11.6. The van der Waals surface area contributed by atoms with Crippen LogP contribution in [0.15, 0.2) is 0 Å². The molecule has 12 heavy (non-hydrogen) atoms. The Morgan fingerprint density at radius 2 is 1.92 bits per heavy atom. The molecule has 0 amide bonds. The van der Waals surface area contributed by atoms with Gasteiger partial charge in [0.1, 0.15) is 0 Å². The first-order valence-corrected chi connectivity index (χ1v) is 4.44. The van der Waals surface area contributed by atoms with Gasteiger partial charge in [-0.15, -0.1) is 0 Å². The second-order valence-corrected chi connectivity index (χ2v) is 3.42. The lowest BCUT2D eigenvalue weighted by atomic mass is 10.2. The summed E-state index contributed by atoms with van der Waals surface area (Å²) in [5, 5.41) is 6.73. The highest BCUT2D eigenvalue weighted by molar-refractivity contribution is 8.13. The van der Waals surface area contributed by atoms with Crippen LogP contribution in [0.1, 0.15) is 19.3 Å². The first-order chi connectivity index (χ1) is 5.42. The van der Waals surface area contributed by atoms with E-state index in [1.54, 1.807) is 0 Å². The Hall–Kier alpha value is -0.390. The number of alkyl halides is 3. The van der Waals surface area contributed by atoms with Gasteiger partial charge in [-0.05, 0) is 12.8 Å². The van der Waals surface area contributed by atoms with Crippen molar-refractivity contribution >= 4 is 16.9 Å². The zero-order chi connectivity index (χ0) is 9.61. The maximum Gasteiger partial charge on any atom is 0.389 e. The molecular weight excluding hydrogens is 189 g/mol. The molecular formula is C6H11F3N2S. The average molecular weight is 200 g/mol. The van der Waals surface area contributed by atoms with Gasteiger partial charge in [0.2, 0.25) is 0 Å². The summed E-state index contributed by atoms with van der Waals surface area (Å²) < 4.78 is 34.7. The Bertz CT molecular complexity index is 146. The molecule has 0 aromatic rings. The molecule has 0 aliphatic rings. The van der Waals surface area contributed by atoms with Gasteiger partial charge in [-0.1, -0.05) is 11.8 Å². The van der Waals surface area contributed by atoms with Crippen molar-refractivity contribution in [2.75, 3.05) is 5.75 Å². The van der Waals surface area contributed by atoms with E-state index in [9.17, 15) is 13.2 Å². The van der Waals surface area contributed by atoms with Gasteiger partial charge in [0.15, 0.2) is 5.17 Å². The van der Waals surface area contributed by atoms with Crippen LogP contribution in [0.4, 0.5) is 13.2 Å². The number of hydrogen-bond acceptors (Lipinski definition) is 2. The fraction of sp³-hybridized carbons (Fsp3) is 0.833. The number of nitrogens with one attached hydrogen (secondary N) is 1. The molecule has 0 aromatic carbocycles. The SMILES string of the molecule is N=C(N)SCCCCC(F)(F)F. The monoisotopic (exact) mass is 200 g/mol. The molecule has 0 saturated heterocycles. The van der Waals surface area contributed by atoms with Crippen LogP contribution >= 0.6 is 11.8 Å². The molecule has 0 radical (unpaired) electrons. The number of halogens is 3. The van der Waals surface area contributed by atoms with Gasteiger partial charge < -0.3 is 5.73 Å². The summed E-state index contributed by atoms with van der Waals surface area (Å²) in [5.74, 6) is 0.491. The van der Waals surface area contributed by atoms with E-state index in [4.69, 9.17) is 11.1 Å².